The van der Waals surface area contributed by atoms with Crippen LogP contribution in [0.25, 0.3) is 0 Å². The minimum absolute atomic E-state index is 0.0554. The Bertz CT molecular complexity index is 634. The Morgan fingerprint density at radius 3 is 2.58 bits per heavy atom. The van der Waals surface area contributed by atoms with Gasteiger partial charge in [0.05, 0.1) is 6.04 Å². The number of nitrogens with zero attached hydrogens (tertiary/aromatic N) is 1. The second-order valence-electron chi connectivity index (χ2n) is 6.85. The molecular weight excluding hydrogens is 339 g/mol. The van der Waals surface area contributed by atoms with E-state index in [1.807, 2.05) is 0 Å². The van der Waals surface area contributed by atoms with Gasteiger partial charge in [-0.25, -0.2) is 9.18 Å². The topological polar surface area (TPSA) is 96.7 Å². The van der Waals surface area contributed by atoms with E-state index in [9.17, 15) is 14.0 Å². The standard InChI is InChI=1S/C18H25FN4O3/c19-13-1-3-14(4-2-13)21-18(25)22-15-5-8-23(11-15)17(24)16(20)12-6-9-26-10-7-12/h1-4,12,15-16H,5-11,20H2,(H2,21,22,25). The van der Waals surface area contributed by atoms with E-state index in [0.29, 0.717) is 38.4 Å². The van der Waals surface area contributed by atoms with Gasteiger partial charge in [-0.2, -0.15) is 0 Å². The summed E-state index contributed by atoms with van der Waals surface area (Å²) in [4.78, 5) is 26.4. The molecule has 1 aromatic rings. The summed E-state index contributed by atoms with van der Waals surface area (Å²) in [5, 5.41) is 5.50. The highest BCUT2D eigenvalue weighted by atomic mass is 19.1. The predicted octanol–water partition coefficient (Wildman–Crippen LogP) is 1.30. The van der Waals surface area contributed by atoms with E-state index in [0.717, 1.165) is 12.8 Å². The number of ether oxygens (including phenoxy) is 1. The third kappa shape index (κ3) is 4.70. The maximum Gasteiger partial charge on any atom is 0.319 e. The van der Waals surface area contributed by atoms with Crippen LogP contribution in [-0.2, 0) is 9.53 Å². The first-order valence-corrected chi connectivity index (χ1v) is 8.98. The molecule has 2 aliphatic rings. The summed E-state index contributed by atoms with van der Waals surface area (Å²) >= 11 is 0. The molecule has 0 aliphatic carbocycles. The smallest absolute Gasteiger partial charge is 0.319 e. The van der Waals surface area contributed by atoms with Gasteiger partial charge in [0, 0.05) is 38.0 Å². The first-order chi connectivity index (χ1) is 12.5. The van der Waals surface area contributed by atoms with E-state index >= 15 is 0 Å². The lowest BCUT2D eigenvalue weighted by Crippen LogP contribution is -2.49. The van der Waals surface area contributed by atoms with Crippen molar-refractivity contribution in [2.45, 2.75) is 31.3 Å². The number of hydrogen-bond donors (Lipinski definition) is 3. The van der Waals surface area contributed by atoms with Crippen molar-refractivity contribution in [3.05, 3.63) is 30.1 Å². The first-order valence-electron chi connectivity index (χ1n) is 8.98. The molecule has 0 aromatic heterocycles. The largest absolute Gasteiger partial charge is 0.381 e. The number of urea groups is 1. The zero-order valence-corrected chi connectivity index (χ0v) is 14.6. The summed E-state index contributed by atoms with van der Waals surface area (Å²) in [6, 6.07) is 4.54. The van der Waals surface area contributed by atoms with Crippen LogP contribution < -0.4 is 16.4 Å². The van der Waals surface area contributed by atoms with Gasteiger partial charge in [-0.05, 0) is 49.4 Å². The van der Waals surface area contributed by atoms with E-state index in [1.54, 1.807) is 4.90 Å². The second kappa shape index (κ2) is 8.46. The number of likely N-dealkylation sites (tertiary alicyclic amines) is 1. The quantitative estimate of drug-likeness (QED) is 0.750. The number of anilines is 1. The molecule has 0 bridgehead atoms. The van der Waals surface area contributed by atoms with E-state index in [2.05, 4.69) is 10.6 Å². The molecule has 2 heterocycles. The van der Waals surface area contributed by atoms with Gasteiger partial charge in [0.25, 0.3) is 0 Å². The third-order valence-electron chi connectivity index (χ3n) is 5.00. The van der Waals surface area contributed by atoms with Gasteiger partial charge in [0.2, 0.25) is 5.91 Å². The monoisotopic (exact) mass is 364 g/mol. The molecule has 142 valence electrons. The number of carbonyl (C=O) groups is 2. The van der Waals surface area contributed by atoms with Crippen LogP contribution >= 0.6 is 0 Å². The lowest BCUT2D eigenvalue weighted by molar-refractivity contribution is -0.133. The van der Waals surface area contributed by atoms with Crippen molar-refractivity contribution in [2.24, 2.45) is 11.7 Å². The van der Waals surface area contributed by atoms with Crippen molar-refractivity contribution in [1.82, 2.24) is 10.2 Å². The molecule has 8 heteroatoms. The first kappa shape index (κ1) is 18.6. The maximum atomic E-state index is 12.9. The minimum atomic E-state index is -0.509. The molecule has 1 aromatic carbocycles. The fourth-order valence-electron chi connectivity index (χ4n) is 3.45. The van der Waals surface area contributed by atoms with Crippen molar-refractivity contribution in [3.8, 4) is 0 Å². The number of nitrogens with two attached hydrogens (primary N) is 1. The molecule has 2 aliphatic heterocycles. The van der Waals surface area contributed by atoms with Crippen molar-refractivity contribution < 1.29 is 18.7 Å². The van der Waals surface area contributed by atoms with E-state index in [4.69, 9.17) is 10.5 Å². The van der Waals surface area contributed by atoms with Crippen molar-refractivity contribution in [3.63, 3.8) is 0 Å². The molecule has 0 saturated carbocycles. The van der Waals surface area contributed by atoms with Crippen molar-refractivity contribution >= 4 is 17.6 Å². The van der Waals surface area contributed by atoms with Crippen molar-refractivity contribution in [1.29, 1.82) is 0 Å². The molecule has 0 radical (unpaired) electrons. The van der Waals surface area contributed by atoms with E-state index in [-0.39, 0.29) is 29.7 Å². The van der Waals surface area contributed by atoms with Crippen LogP contribution in [0.15, 0.2) is 24.3 Å². The summed E-state index contributed by atoms with van der Waals surface area (Å²) in [6.45, 7) is 2.34. The maximum absolute atomic E-state index is 12.9. The molecular formula is C18H25FN4O3. The molecule has 7 nitrogen and oxygen atoms in total. The predicted molar refractivity (Wildman–Crippen MR) is 95.1 cm³/mol. The molecule has 2 saturated heterocycles. The zero-order chi connectivity index (χ0) is 18.5. The zero-order valence-electron chi connectivity index (χ0n) is 14.6. The lowest BCUT2D eigenvalue weighted by Gasteiger charge is -2.29. The van der Waals surface area contributed by atoms with Gasteiger partial charge in [0.15, 0.2) is 0 Å². The van der Waals surface area contributed by atoms with Crippen LogP contribution in [0.2, 0.25) is 0 Å². The Hall–Kier alpha value is -2.19. The Balaban J connectivity index is 1.46. The van der Waals surface area contributed by atoms with Crippen LogP contribution in [0.3, 0.4) is 0 Å². The van der Waals surface area contributed by atoms with Crippen LogP contribution in [-0.4, -0.2) is 55.2 Å². The molecule has 2 unspecified atom stereocenters. The Labute approximate surface area is 152 Å². The molecule has 2 atom stereocenters. The number of rotatable bonds is 4. The second-order valence-corrected chi connectivity index (χ2v) is 6.85. The highest BCUT2D eigenvalue weighted by molar-refractivity contribution is 5.89. The average molecular weight is 364 g/mol. The van der Waals surface area contributed by atoms with Crippen LogP contribution in [0.4, 0.5) is 14.9 Å². The van der Waals surface area contributed by atoms with Gasteiger partial charge in [-0.1, -0.05) is 0 Å². The number of benzene rings is 1. The highest BCUT2D eigenvalue weighted by Crippen LogP contribution is 2.21. The van der Waals surface area contributed by atoms with Crippen molar-refractivity contribution in [2.75, 3.05) is 31.6 Å². The Morgan fingerprint density at radius 1 is 1.19 bits per heavy atom. The molecule has 4 N–H and O–H groups in total. The van der Waals surface area contributed by atoms with Gasteiger partial charge in [-0.15, -0.1) is 0 Å². The average Bonchev–Trinajstić information content (AvgIpc) is 3.11. The van der Waals surface area contributed by atoms with Crippen LogP contribution in [0, 0.1) is 11.7 Å². The highest BCUT2D eigenvalue weighted by Gasteiger charge is 2.34. The number of amides is 3. The Kier molecular flexibility index (Phi) is 6.05. The van der Waals surface area contributed by atoms with Crippen LogP contribution in [0.5, 0.6) is 0 Å². The number of nitrogens with one attached hydrogen (secondary N) is 2. The summed E-state index contributed by atoms with van der Waals surface area (Å²) < 4.78 is 18.2. The van der Waals surface area contributed by atoms with Gasteiger partial charge < -0.3 is 26.0 Å². The minimum Gasteiger partial charge on any atom is -0.381 e. The van der Waals surface area contributed by atoms with E-state index in [1.165, 1.54) is 24.3 Å². The summed E-state index contributed by atoms with van der Waals surface area (Å²) in [5.41, 5.74) is 6.67. The molecule has 0 spiro atoms. The number of hydrogen-bond acceptors (Lipinski definition) is 4. The lowest BCUT2D eigenvalue weighted by atomic mass is 9.91. The summed E-state index contributed by atoms with van der Waals surface area (Å²) in [6.07, 6.45) is 2.30. The fourth-order valence-corrected chi connectivity index (χ4v) is 3.45. The summed E-state index contributed by atoms with van der Waals surface area (Å²) in [7, 11) is 0. The molecule has 3 rings (SSSR count). The number of halogens is 1. The van der Waals surface area contributed by atoms with Crippen LogP contribution in [0.1, 0.15) is 19.3 Å². The van der Waals surface area contributed by atoms with Gasteiger partial charge in [0.1, 0.15) is 5.82 Å². The SMILES string of the molecule is NC(C(=O)N1CCC(NC(=O)Nc2ccc(F)cc2)C1)C1CCOCC1. The normalized spacial score (nSPS) is 22.1. The summed E-state index contributed by atoms with van der Waals surface area (Å²) in [5.74, 6) is -0.257. The number of carbonyl (C=O) groups excluding carboxylic acids is 2. The molecule has 2 fully saturated rings. The molecule has 3 amide bonds. The Morgan fingerprint density at radius 2 is 1.88 bits per heavy atom. The van der Waals surface area contributed by atoms with E-state index < -0.39 is 6.04 Å². The molecule has 26 heavy (non-hydrogen) atoms. The van der Waals surface area contributed by atoms with Gasteiger partial charge in [-0.3, -0.25) is 4.79 Å². The third-order valence-corrected chi connectivity index (χ3v) is 5.00. The fraction of sp³-hybridized carbons (Fsp3) is 0.556. The van der Waals surface area contributed by atoms with Gasteiger partial charge >= 0.3 is 6.03 Å².